The molecule has 0 spiro atoms. The third kappa shape index (κ3) is 2.88. The standard InChI is InChI=1S/C10H13FO3/c1-12-5-6-14-10-7-8(13-2)3-4-9(10)11/h3-4,7H,5-6H2,1-2H3. The van der Waals surface area contributed by atoms with E-state index in [1.165, 1.54) is 19.2 Å². The summed E-state index contributed by atoms with van der Waals surface area (Å²) >= 11 is 0. The second-order valence-electron chi connectivity index (χ2n) is 2.64. The molecule has 1 rings (SSSR count). The second-order valence-corrected chi connectivity index (χ2v) is 2.64. The van der Waals surface area contributed by atoms with Gasteiger partial charge < -0.3 is 14.2 Å². The van der Waals surface area contributed by atoms with Gasteiger partial charge in [0.1, 0.15) is 12.4 Å². The summed E-state index contributed by atoms with van der Waals surface area (Å²) in [5.74, 6) is 0.349. The molecule has 78 valence electrons. The largest absolute Gasteiger partial charge is 0.497 e. The molecule has 3 nitrogen and oxygen atoms in total. The van der Waals surface area contributed by atoms with Crippen LogP contribution in [0, 0.1) is 5.82 Å². The van der Waals surface area contributed by atoms with Crippen molar-refractivity contribution in [2.45, 2.75) is 0 Å². The van der Waals surface area contributed by atoms with Crippen LogP contribution in [0.2, 0.25) is 0 Å². The monoisotopic (exact) mass is 200 g/mol. The SMILES string of the molecule is COCCOc1cc(OC)ccc1F. The average molecular weight is 200 g/mol. The van der Waals surface area contributed by atoms with Gasteiger partial charge in [0.2, 0.25) is 0 Å². The smallest absolute Gasteiger partial charge is 0.165 e. The van der Waals surface area contributed by atoms with E-state index in [9.17, 15) is 4.39 Å². The van der Waals surface area contributed by atoms with E-state index in [0.717, 1.165) is 0 Å². The van der Waals surface area contributed by atoms with E-state index in [2.05, 4.69) is 0 Å². The first-order valence-corrected chi connectivity index (χ1v) is 4.23. The van der Waals surface area contributed by atoms with Gasteiger partial charge in [0.05, 0.1) is 13.7 Å². The summed E-state index contributed by atoms with van der Waals surface area (Å²) in [4.78, 5) is 0. The summed E-state index contributed by atoms with van der Waals surface area (Å²) in [6.45, 7) is 0.747. The molecule has 0 radical (unpaired) electrons. The Morgan fingerprint density at radius 1 is 1.21 bits per heavy atom. The molecule has 0 heterocycles. The van der Waals surface area contributed by atoms with Crippen LogP contribution in [0.5, 0.6) is 11.5 Å². The van der Waals surface area contributed by atoms with Gasteiger partial charge in [-0.1, -0.05) is 0 Å². The highest BCUT2D eigenvalue weighted by atomic mass is 19.1. The van der Waals surface area contributed by atoms with Gasteiger partial charge >= 0.3 is 0 Å². The van der Waals surface area contributed by atoms with Crippen molar-refractivity contribution in [3.63, 3.8) is 0 Å². The molecule has 0 fully saturated rings. The van der Waals surface area contributed by atoms with Crippen LogP contribution in [0.15, 0.2) is 18.2 Å². The zero-order valence-corrected chi connectivity index (χ0v) is 8.25. The maximum atomic E-state index is 13.1. The molecular formula is C10H13FO3. The number of halogens is 1. The Labute approximate surface area is 82.4 Å². The fraction of sp³-hybridized carbons (Fsp3) is 0.400. The first-order valence-electron chi connectivity index (χ1n) is 4.23. The second kappa shape index (κ2) is 5.44. The minimum Gasteiger partial charge on any atom is -0.497 e. The fourth-order valence-electron chi connectivity index (χ4n) is 0.956. The molecule has 0 saturated heterocycles. The molecule has 0 aliphatic rings. The zero-order chi connectivity index (χ0) is 10.4. The van der Waals surface area contributed by atoms with E-state index < -0.39 is 5.82 Å². The molecule has 0 atom stereocenters. The van der Waals surface area contributed by atoms with Crippen molar-refractivity contribution >= 4 is 0 Å². The highest BCUT2D eigenvalue weighted by molar-refractivity contribution is 5.34. The molecule has 0 aliphatic carbocycles. The summed E-state index contributed by atoms with van der Waals surface area (Å²) in [5, 5.41) is 0. The normalized spacial score (nSPS) is 9.93. The summed E-state index contributed by atoms with van der Waals surface area (Å²) in [5.41, 5.74) is 0. The Morgan fingerprint density at radius 2 is 2.00 bits per heavy atom. The number of benzene rings is 1. The summed E-state index contributed by atoms with van der Waals surface area (Å²) in [6.07, 6.45) is 0. The number of methoxy groups -OCH3 is 2. The van der Waals surface area contributed by atoms with Crippen LogP contribution in [-0.2, 0) is 4.74 Å². The first-order chi connectivity index (χ1) is 6.77. The topological polar surface area (TPSA) is 27.7 Å². The van der Waals surface area contributed by atoms with Crippen LogP contribution < -0.4 is 9.47 Å². The lowest BCUT2D eigenvalue weighted by molar-refractivity contribution is 0.143. The number of hydrogen-bond acceptors (Lipinski definition) is 3. The van der Waals surface area contributed by atoms with Crippen molar-refractivity contribution in [3.05, 3.63) is 24.0 Å². The first kappa shape index (κ1) is 10.8. The van der Waals surface area contributed by atoms with Gasteiger partial charge in [-0.3, -0.25) is 0 Å². The molecule has 14 heavy (non-hydrogen) atoms. The lowest BCUT2D eigenvalue weighted by Crippen LogP contribution is -2.05. The van der Waals surface area contributed by atoms with Crippen molar-refractivity contribution in [2.24, 2.45) is 0 Å². The third-order valence-corrected chi connectivity index (χ3v) is 1.68. The van der Waals surface area contributed by atoms with Crippen molar-refractivity contribution in [1.29, 1.82) is 0 Å². The van der Waals surface area contributed by atoms with E-state index >= 15 is 0 Å². The number of rotatable bonds is 5. The van der Waals surface area contributed by atoms with Gasteiger partial charge in [0.25, 0.3) is 0 Å². The summed E-state index contributed by atoms with van der Waals surface area (Å²) < 4.78 is 28.0. The van der Waals surface area contributed by atoms with Gasteiger partial charge in [-0.25, -0.2) is 4.39 Å². The van der Waals surface area contributed by atoms with E-state index in [1.54, 1.807) is 13.2 Å². The Kier molecular flexibility index (Phi) is 4.19. The minimum absolute atomic E-state index is 0.182. The van der Waals surface area contributed by atoms with Crippen LogP contribution >= 0.6 is 0 Å². The van der Waals surface area contributed by atoms with E-state index in [0.29, 0.717) is 19.0 Å². The van der Waals surface area contributed by atoms with Crippen LogP contribution in [0.1, 0.15) is 0 Å². The van der Waals surface area contributed by atoms with Crippen molar-refractivity contribution in [2.75, 3.05) is 27.4 Å². The molecule has 0 aromatic heterocycles. The van der Waals surface area contributed by atoms with Crippen molar-refractivity contribution < 1.29 is 18.6 Å². The minimum atomic E-state index is -0.401. The molecule has 0 bridgehead atoms. The highest BCUT2D eigenvalue weighted by Crippen LogP contribution is 2.22. The van der Waals surface area contributed by atoms with Crippen molar-refractivity contribution in [1.82, 2.24) is 0 Å². The van der Waals surface area contributed by atoms with Gasteiger partial charge in [-0.05, 0) is 12.1 Å². The molecule has 1 aromatic carbocycles. The lowest BCUT2D eigenvalue weighted by Gasteiger charge is -2.07. The van der Waals surface area contributed by atoms with Crippen LogP contribution in [0.25, 0.3) is 0 Å². The Bertz CT molecular complexity index is 289. The zero-order valence-electron chi connectivity index (χ0n) is 8.25. The van der Waals surface area contributed by atoms with Gasteiger partial charge in [0.15, 0.2) is 11.6 Å². The average Bonchev–Trinajstić information content (AvgIpc) is 2.21. The fourth-order valence-corrected chi connectivity index (χ4v) is 0.956. The van der Waals surface area contributed by atoms with E-state index in [-0.39, 0.29) is 5.75 Å². The molecule has 0 aliphatic heterocycles. The molecular weight excluding hydrogens is 187 g/mol. The Balaban J connectivity index is 2.64. The summed E-state index contributed by atoms with van der Waals surface area (Å²) in [6, 6.07) is 4.35. The molecule has 1 aromatic rings. The molecule has 0 N–H and O–H groups in total. The van der Waals surface area contributed by atoms with Crippen LogP contribution in [0.3, 0.4) is 0 Å². The third-order valence-electron chi connectivity index (χ3n) is 1.68. The lowest BCUT2D eigenvalue weighted by atomic mass is 10.3. The quantitative estimate of drug-likeness (QED) is 0.679. The highest BCUT2D eigenvalue weighted by Gasteiger charge is 2.04. The Hall–Kier alpha value is -1.29. The van der Waals surface area contributed by atoms with Crippen LogP contribution in [0.4, 0.5) is 4.39 Å². The van der Waals surface area contributed by atoms with Gasteiger partial charge in [0, 0.05) is 13.2 Å². The maximum Gasteiger partial charge on any atom is 0.165 e. The van der Waals surface area contributed by atoms with Crippen LogP contribution in [-0.4, -0.2) is 27.4 Å². The molecule has 0 amide bonds. The van der Waals surface area contributed by atoms with E-state index in [1.807, 2.05) is 0 Å². The number of ether oxygens (including phenoxy) is 3. The van der Waals surface area contributed by atoms with E-state index in [4.69, 9.17) is 14.2 Å². The molecule has 4 heteroatoms. The predicted molar refractivity (Wildman–Crippen MR) is 50.3 cm³/mol. The molecule has 0 unspecified atom stereocenters. The molecule has 0 saturated carbocycles. The van der Waals surface area contributed by atoms with Crippen molar-refractivity contribution in [3.8, 4) is 11.5 Å². The summed E-state index contributed by atoms with van der Waals surface area (Å²) in [7, 11) is 3.08. The predicted octanol–water partition coefficient (Wildman–Crippen LogP) is 1.86. The maximum absolute atomic E-state index is 13.1. The number of hydrogen-bond donors (Lipinski definition) is 0. The van der Waals surface area contributed by atoms with Gasteiger partial charge in [-0.2, -0.15) is 0 Å². The Morgan fingerprint density at radius 3 is 2.64 bits per heavy atom. The van der Waals surface area contributed by atoms with Gasteiger partial charge in [-0.15, -0.1) is 0 Å².